The summed E-state index contributed by atoms with van der Waals surface area (Å²) in [4.78, 5) is 0. The van der Waals surface area contributed by atoms with Crippen LogP contribution in [-0.4, -0.2) is 33.6 Å². The van der Waals surface area contributed by atoms with Crippen LogP contribution in [0.4, 0.5) is 0 Å². The third-order valence-corrected chi connectivity index (χ3v) is 1.44. The molecule has 0 aliphatic carbocycles. The fraction of sp³-hybridized carbons (Fsp3) is 0.778. The summed E-state index contributed by atoms with van der Waals surface area (Å²) in [5, 5.41) is 3.17. The molecule has 1 N–H and O–H groups in total. The molecule has 0 unspecified atom stereocenters. The summed E-state index contributed by atoms with van der Waals surface area (Å²) < 4.78 is 9.97. The van der Waals surface area contributed by atoms with E-state index in [2.05, 4.69) is 17.2 Å². The predicted molar refractivity (Wildman–Crippen MR) is 48.7 cm³/mol. The van der Waals surface area contributed by atoms with Crippen molar-refractivity contribution < 1.29 is 9.47 Å². The first kappa shape index (κ1) is 11.4. The van der Waals surface area contributed by atoms with Crippen LogP contribution in [0, 0.1) is 11.8 Å². The Bertz CT molecular complexity index is 144. The minimum Gasteiger partial charge on any atom is -0.355 e. The third kappa shape index (κ3) is 6.17. The zero-order valence-electron chi connectivity index (χ0n) is 8.02. The van der Waals surface area contributed by atoms with Gasteiger partial charge in [-0.15, -0.1) is 11.8 Å². The van der Waals surface area contributed by atoms with Crippen molar-refractivity contribution in [3.8, 4) is 11.8 Å². The van der Waals surface area contributed by atoms with Crippen molar-refractivity contribution in [2.75, 3.05) is 27.3 Å². The summed E-state index contributed by atoms with van der Waals surface area (Å²) in [5.41, 5.74) is 0. The Morgan fingerprint density at radius 3 is 2.50 bits per heavy atom. The Hall–Kier alpha value is -0.560. The molecule has 12 heavy (non-hydrogen) atoms. The van der Waals surface area contributed by atoms with E-state index in [1.54, 1.807) is 14.2 Å². The van der Waals surface area contributed by atoms with Crippen LogP contribution in [0.5, 0.6) is 0 Å². The van der Waals surface area contributed by atoms with Crippen molar-refractivity contribution in [3.05, 3.63) is 0 Å². The molecule has 0 heterocycles. The molecule has 0 atom stereocenters. The highest BCUT2D eigenvalue weighted by molar-refractivity contribution is 4.95. The lowest BCUT2D eigenvalue weighted by atomic mass is 10.4. The van der Waals surface area contributed by atoms with Crippen molar-refractivity contribution in [2.45, 2.75) is 19.6 Å². The summed E-state index contributed by atoms with van der Waals surface area (Å²) in [6.45, 7) is 3.43. The van der Waals surface area contributed by atoms with Crippen LogP contribution in [0.1, 0.15) is 13.3 Å². The second-order valence-electron chi connectivity index (χ2n) is 2.28. The first-order valence-electron chi connectivity index (χ1n) is 4.01. The van der Waals surface area contributed by atoms with Crippen LogP contribution < -0.4 is 5.32 Å². The number of rotatable bonds is 6. The molecule has 0 saturated carbocycles. The van der Waals surface area contributed by atoms with E-state index in [1.807, 2.05) is 6.92 Å². The molecule has 0 radical (unpaired) electrons. The second kappa shape index (κ2) is 8.54. The lowest BCUT2D eigenvalue weighted by Crippen LogP contribution is -2.30. The SMILES string of the molecule is CC#CCCNCC(OC)OC. The van der Waals surface area contributed by atoms with Crippen LogP contribution >= 0.6 is 0 Å². The highest BCUT2D eigenvalue weighted by atomic mass is 16.7. The van der Waals surface area contributed by atoms with E-state index in [4.69, 9.17) is 9.47 Å². The topological polar surface area (TPSA) is 30.5 Å². The predicted octanol–water partition coefficient (Wildman–Crippen LogP) is 0.608. The van der Waals surface area contributed by atoms with E-state index in [9.17, 15) is 0 Å². The average molecular weight is 171 g/mol. The maximum Gasteiger partial charge on any atom is 0.169 e. The highest BCUT2D eigenvalue weighted by Crippen LogP contribution is 1.87. The maximum absolute atomic E-state index is 4.99. The molecule has 0 fully saturated rings. The molecule has 3 nitrogen and oxygen atoms in total. The largest absolute Gasteiger partial charge is 0.355 e. The van der Waals surface area contributed by atoms with Gasteiger partial charge in [-0.2, -0.15) is 0 Å². The highest BCUT2D eigenvalue weighted by Gasteiger charge is 2.01. The quantitative estimate of drug-likeness (QED) is 0.361. The lowest BCUT2D eigenvalue weighted by molar-refractivity contribution is -0.0985. The summed E-state index contributed by atoms with van der Waals surface area (Å²) in [6, 6.07) is 0. The summed E-state index contributed by atoms with van der Waals surface area (Å²) >= 11 is 0. The number of hydrogen-bond acceptors (Lipinski definition) is 3. The molecule has 0 spiro atoms. The summed E-state index contributed by atoms with van der Waals surface area (Å²) in [6.07, 6.45) is 0.719. The van der Waals surface area contributed by atoms with Gasteiger partial charge in [-0.25, -0.2) is 0 Å². The van der Waals surface area contributed by atoms with Crippen molar-refractivity contribution in [1.82, 2.24) is 5.32 Å². The van der Waals surface area contributed by atoms with E-state index in [1.165, 1.54) is 0 Å². The molecule has 0 aliphatic heterocycles. The first-order valence-corrected chi connectivity index (χ1v) is 4.01. The van der Waals surface area contributed by atoms with E-state index in [0.29, 0.717) is 6.54 Å². The molecule has 0 rings (SSSR count). The Labute approximate surface area is 74.4 Å². The van der Waals surface area contributed by atoms with Gasteiger partial charge < -0.3 is 14.8 Å². The van der Waals surface area contributed by atoms with Crippen LogP contribution in [0.3, 0.4) is 0 Å². The molecule has 0 aromatic rings. The van der Waals surface area contributed by atoms with Crippen molar-refractivity contribution in [1.29, 1.82) is 0 Å². The summed E-state index contributed by atoms with van der Waals surface area (Å²) in [5.74, 6) is 5.80. The van der Waals surface area contributed by atoms with Crippen LogP contribution in [0.2, 0.25) is 0 Å². The van der Waals surface area contributed by atoms with Gasteiger partial charge in [0.25, 0.3) is 0 Å². The van der Waals surface area contributed by atoms with Crippen molar-refractivity contribution >= 4 is 0 Å². The molecular weight excluding hydrogens is 154 g/mol. The van der Waals surface area contributed by atoms with Gasteiger partial charge in [0.1, 0.15) is 0 Å². The van der Waals surface area contributed by atoms with Gasteiger partial charge in [0.2, 0.25) is 0 Å². The third-order valence-electron chi connectivity index (χ3n) is 1.44. The molecule has 70 valence electrons. The standard InChI is InChI=1S/C9H17NO2/c1-4-5-6-7-10-8-9(11-2)12-3/h9-10H,6-8H2,1-3H3. The minimum absolute atomic E-state index is 0.153. The molecule has 0 aromatic carbocycles. The smallest absolute Gasteiger partial charge is 0.169 e. The molecule has 0 aliphatic rings. The normalized spacial score (nSPS) is 9.67. The van der Waals surface area contributed by atoms with Gasteiger partial charge in [0.15, 0.2) is 6.29 Å². The second-order valence-corrected chi connectivity index (χ2v) is 2.28. The summed E-state index contributed by atoms with van der Waals surface area (Å²) in [7, 11) is 3.25. The Balaban J connectivity index is 3.21. The fourth-order valence-electron chi connectivity index (χ4n) is 0.759. The minimum atomic E-state index is -0.153. The fourth-order valence-corrected chi connectivity index (χ4v) is 0.759. The number of hydrogen-bond donors (Lipinski definition) is 1. The first-order chi connectivity index (χ1) is 5.85. The zero-order valence-corrected chi connectivity index (χ0v) is 8.02. The molecular formula is C9H17NO2. The Morgan fingerprint density at radius 1 is 1.33 bits per heavy atom. The average Bonchev–Trinajstić information content (AvgIpc) is 2.11. The molecule has 0 amide bonds. The number of ether oxygens (including phenoxy) is 2. The van der Waals surface area contributed by atoms with Crippen LogP contribution in [0.15, 0.2) is 0 Å². The molecule has 3 heteroatoms. The number of nitrogens with one attached hydrogen (secondary N) is 1. The van der Waals surface area contributed by atoms with Crippen molar-refractivity contribution in [2.24, 2.45) is 0 Å². The number of methoxy groups -OCH3 is 2. The van der Waals surface area contributed by atoms with Gasteiger partial charge in [0.05, 0.1) is 0 Å². The van der Waals surface area contributed by atoms with Gasteiger partial charge in [-0.1, -0.05) is 0 Å². The van der Waals surface area contributed by atoms with E-state index in [0.717, 1.165) is 13.0 Å². The maximum atomic E-state index is 4.99. The Morgan fingerprint density at radius 2 is 2.00 bits per heavy atom. The van der Waals surface area contributed by atoms with Gasteiger partial charge in [-0.05, 0) is 6.92 Å². The van der Waals surface area contributed by atoms with Gasteiger partial charge in [0, 0.05) is 33.7 Å². The van der Waals surface area contributed by atoms with E-state index < -0.39 is 0 Å². The van der Waals surface area contributed by atoms with Crippen LogP contribution in [-0.2, 0) is 9.47 Å². The van der Waals surface area contributed by atoms with E-state index >= 15 is 0 Å². The van der Waals surface area contributed by atoms with Gasteiger partial charge >= 0.3 is 0 Å². The molecule has 0 saturated heterocycles. The zero-order chi connectivity index (χ0) is 9.23. The van der Waals surface area contributed by atoms with Crippen LogP contribution in [0.25, 0.3) is 0 Å². The molecule has 0 aromatic heterocycles. The Kier molecular flexibility index (Phi) is 8.14. The van der Waals surface area contributed by atoms with Crippen molar-refractivity contribution in [3.63, 3.8) is 0 Å². The monoisotopic (exact) mass is 171 g/mol. The molecule has 0 bridgehead atoms. The lowest BCUT2D eigenvalue weighted by Gasteiger charge is -2.12. The van der Waals surface area contributed by atoms with Gasteiger partial charge in [-0.3, -0.25) is 0 Å². The van der Waals surface area contributed by atoms with E-state index in [-0.39, 0.29) is 6.29 Å².